The lowest BCUT2D eigenvalue weighted by atomic mass is 10.00. The first-order valence-corrected chi connectivity index (χ1v) is 6.72. The van der Waals surface area contributed by atoms with E-state index in [4.69, 9.17) is 4.74 Å². The highest BCUT2D eigenvalue weighted by Crippen LogP contribution is 2.34. The Balaban J connectivity index is 2.95. The Morgan fingerprint density at radius 1 is 1.37 bits per heavy atom. The van der Waals surface area contributed by atoms with Gasteiger partial charge in [0.1, 0.15) is 0 Å². The van der Waals surface area contributed by atoms with Gasteiger partial charge in [0.15, 0.2) is 0 Å². The molecule has 6 heteroatoms. The number of hydrogen-bond acceptors (Lipinski definition) is 2. The Hall–Kier alpha value is -0.590. The van der Waals surface area contributed by atoms with E-state index in [2.05, 4.69) is 21.2 Å². The molecule has 1 N–H and O–H groups in total. The summed E-state index contributed by atoms with van der Waals surface area (Å²) in [6.07, 6.45) is -2.82. The Kier molecular flexibility index (Phi) is 6.29. The Morgan fingerprint density at radius 2 is 2.05 bits per heavy atom. The predicted molar refractivity (Wildman–Crippen MR) is 72.1 cm³/mol. The second-order valence-corrected chi connectivity index (χ2v) is 5.06. The standard InChI is InChI=1S/C13H17BrF3NO/c1-18-12(4-3-7-19-2)10-8-9(13(15,16)17)5-6-11(10)14/h5-6,8,12,18H,3-4,7H2,1-2H3. The molecule has 0 saturated carbocycles. The van der Waals surface area contributed by atoms with Crippen molar-refractivity contribution < 1.29 is 17.9 Å². The Bertz CT molecular complexity index is 409. The summed E-state index contributed by atoms with van der Waals surface area (Å²) in [6.45, 7) is 0.592. The summed E-state index contributed by atoms with van der Waals surface area (Å²) in [4.78, 5) is 0. The summed E-state index contributed by atoms with van der Waals surface area (Å²) in [7, 11) is 3.35. The van der Waals surface area contributed by atoms with E-state index < -0.39 is 11.7 Å². The number of halogens is 4. The molecule has 0 aliphatic heterocycles. The van der Waals surface area contributed by atoms with Crippen molar-refractivity contribution in [2.45, 2.75) is 25.1 Å². The van der Waals surface area contributed by atoms with Crippen LogP contribution in [0.15, 0.2) is 22.7 Å². The second-order valence-electron chi connectivity index (χ2n) is 4.21. The molecule has 1 rings (SSSR count). The number of hydrogen-bond donors (Lipinski definition) is 1. The fraction of sp³-hybridized carbons (Fsp3) is 0.538. The van der Waals surface area contributed by atoms with Gasteiger partial charge in [0.05, 0.1) is 5.56 Å². The van der Waals surface area contributed by atoms with Crippen molar-refractivity contribution in [2.24, 2.45) is 0 Å². The van der Waals surface area contributed by atoms with E-state index in [1.54, 1.807) is 14.2 Å². The molecule has 19 heavy (non-hydrogen) atoms. The molecular weight excluding hydrogens is 323 g/mol. The first kappa shape index (κ1) is 16.5. The van der Waals surface area contributed by atoms with E-state index in [1.807, 2.05) is 0 Å². The van der Waals surface area contributed by atoms with Crippen LogP contribution in [0.5, 0.6) is 0 Å². The molecule has 0 bridgehead atoms. The van der Waals surface area contributed by atoms with Crippen molar-refractivity contribution in [2.75, 3.05) is 20.8 Å². The Labute approximate surface area is 119 Å². The van der Waals surface area contributed by atoms with Crippen molar-refractivity contribution in [3.05, 3.63) is 33.8 Å². The summed E-state index contributed by atoms with van der Waals surface area (Å²) in [6, 6.07) is 3.58. The van der Waals surface area contributed by atoms with E-state index in [0.29, 0.717) is 23.1 Å². The number of methoxy groups -OCH3 is 1. The zero-order valence-electron chi connectivity index (χ0n) is 10.9. The van der Waals surface area contributed by atoms with Gasteiger partial charge < -0.3 is 10.1 Å². The second kappa shape index (κ2) is 7.26. The van der Waals surface area contributed by atoms with Gasteiger partial charge in [-0.15, -0.1) is 0 Å². The van der Waals surface area contributed by atoms with Crippen LogP contribution >= 0.6 is 15.9 Å². The third kappa shape index (κ3) is 4.78. The minimum atomic E-state index is -4.32. The fourth-order valence-corrected chi connectivity index (χ4v) is 2.40. The van der Waals surface area contributed by atoms with Crippen LogP contribution in [0.4, 0.5) is 13.2 Å². The smallest absolute Gasteiger partial charge is 0.385 e. The molecule has 0 saturated heterocycles. The van der Waals surface area contributed by atoms with Crippen molar-refractivity contribution in [1.29, 1.82) is 0 Å². The highest BCUT2D eigenvalue weighted by molar-refractivity contribution is 9.10. The van der Waals surface area contributed by atoms with E-state index >= 15 is 0 Å². The topological polar surface area (TPSA) is 21.3 Å². The minimum absolute atomic E-state index is 0.133. The van der Waals surface area contributed by atoms with Crippen LogP contribution in [0.25, 0.3) is 0 Å². The van der Waals surface area contributed by atoms with Gasteiger partial charge in [0.2, 0.25) is 0 Å². The summed E-state index contributed by atoms with van der Waals surface area (Å²) in [5, 5.41) is 3.04. The van der Waals surface area contributed by atoms with Gasteiger partial charge in [0.25, 0.3) is 0 Å². The quantitative estimate of drug-likeness (QED) is 0.786. The van der Waals surface area contributed by atoms with Gasteiger partial charge in [-0.3, -0.25) is 0 Å². The third-order valence-corrected chi connectivity index (χ3v) is 3.61. The van der Waals surface area contributed by atoms with Crippen LogP contribution in [0.3, 0.4) is 0 Å². The predicted octanol–water partition coefficient (Wildman–Crippen LogP) is 4.16. The molecule has 0 fully saturated rings. The zero-order valence-corrected chi connectivity index (χ0v) is 12.4. The van der Waals surface area contributed by atoms with Gasteiger partial charge in [-0.1, -0.05) is 15.9 Å². The molecule has 2 nitrogen and oxygen atoms in total. The Morgan fingerprint density at radius 3 is 2.58 bits per heavy atom. The molecule has 1 unspecified atom stereocenters. The number of nitrogens with one attached hydrogen (secondary N) is 1. The first-order chi connectivity index (χ1) is 8.90. The van der Waals surface area contributed by atoms with Gasteiger partial charge in [-0.25, -0.2) is 0 Å². The SMILES string of the molecule is CNC(CCCOC)c1cc(C(F)(F)F)ccc1Br. The van der Waals surface area contributed by atoms with Crippen LogP contribution in [0.1, 0.15) is 30.0 Å². The lowest BCUT2D eigenvalue weighted by molar-refractivity contribution is -0.137. The van der Waals surface area contributed by atoms with Crippen LogP contribution in [-0.4, -0.2) is 20.8 Å². The van der Waals surface area contributed by atoms with Crippen molar-refractivity contribution in [1.82, 2.24) is 5.32 Å². The van der Waals surface area contributed by atoms with Gasteiger partial charge in [0, 0.05) is 24.2 Å². The van der Waals surface area contributed by atoms with Crippen LogP contribution in [-0.2, 0) is 10.9 Å². The molecule has 0 radical (unpaired) electrons. The maximum atomic E-state index is 12.7. The van der Waals surface area contributed by atoms with Gasteiger partial charge in [-0.05, 0) is 43.7 Å². The van der Waals surface area contributed by atoms with Crippen LogP contribution in [0, 0.1) is 0 Å². The van der Waals surface area contributed by atoms with E-state index in [1.165, 1.54) is 12.1 Å². The molecule has 0 aromatic heterocycles. The molecule has 0 aliphatic carbocycles. The molecule has 1 aromatic carbocycles. The third-order valence-electron chi connectivity index (χ3n) is 2.89. The molecule has 0 heterocycles. The molecular formula is C13H17BrF3NO. The van der Waals surface area contributed by atoms with E-state index in [9.17, 15) is 13.2 Å². The number of ether oxygens (including phenoxy) is 1. The van der Waals surface area contributed by atoms with Gasteiger partial charge in [-0.2, -0.15) is 13.2 Å². The first-order valence-electron chi connectivity index (χ1n) is 5.93. The number of benzene rings is 1. The summed E-state index contributed by atoms with van der Waals surface area (Å²) in [5.41, 5.74) is -0.00822. The highest BCUT2D eigenvalue weighted by Gasteiger charge is 2.31. The molecule has 1 aromatic rings. The minimum Gasteiger partial charge on any atom is -0.385 e. The van der Waals surface area contributed by atoms with E-state index in [0.717, 1.165) is 12.5 Å². The monoisotopic (exact) mass is 339 g/mol. The normalized spacial score (nSPS) is 13.6. The van der Waals surface area contributed by atoms with E-state index in [-0.39, 0.29) is 6.04 Å². The zero-order chi connectivity index (χ0) is 14.5. The molecule has 0 amide bonds. The lowest BCUT2D eigenvalue weighted by Gasteiger charge is -2.19. The molecule has 108 valence electrons. The summed E-state index contributed by atoms with van der Waals surface area (Å²) >= 11 is 3.31. The number of alkyl halides is 3. The fourth-order valence-electron chi connectivity index (χ4n) is 1.87. The average Bonchev–Trinajstić information content (AvgIpc) is 2.34. The van der Waals surface area contributed by atoms with Crippen molar-refractivity contribution >= 4 is 15.9 Å². The largest absolute Gasteiger partial charge is 0.416 e. The highest BCUT2D eigenvalue weighted by atomic mass is 79.9. The van der Waals surface area contributed by atoms with Crippen LogP contribution in [0.2, 0.25) is 0 Å². The molecule has 1 atom stereocenters. The lowest BCUT2D eigenvalue weighted by Crippen LogP contribution is -2.18. The van der Waals surface area contributed by atoms with Gasteiger partial charge >= 0.3 is 6.18 Å². The summed E-state index contributed by atoms with van der Waals surface area (Å²) in [5.74, 6) is 0. The molecule has 0 aliphatic rings. The van der Waals surface area contributed by atoms with Crippen molar-refractivity contribution in [3.8, 4) is 0 Å². The number of rotatable bonds is 6. The van der Waals surface area contributed by atoms with Crippen molar-refractivity contribution in [3.63, 3.8) is 0 Å². The maximum Gasteiger partial charge on any atom is 0.416 e. The maximum absolute atomic E-state index is 12.7. The molecule has 0 spiro atoms. The van der Waals surface area contributed by atoms with Crippen LogP contribution < -0.4 is 5.32 Å². The average molecular weight is 340 g/mol. The summed E-state index contributed by atoms with van der Waals surface area (Å²) < 4.78 is 43.8.